The van der Waals surface area contributed by atoms with Crippen LogP contribution in [0.3, 0.4) is 0 Å². The zero-order chi connectivity index (χ0) is 15.4. The first-order valence-corrected chi connectivity index (χ1v) is 7.85. The molecule has 0 bridgehead atoms. The third-order valence-corrected chi connectivity index (χ3v) is 4.13. The van der Waals surface area contributed by atoms with Gasteiger partial charge in [0.05, 0.1) is 0 Å². The first-order chi connectivity index (χ1) is 10.8. The Kier molecular flexibility index (Phi) is 4.42. The number of likely N-dealkylation sites (N-methyl/N-ethyl adjacent to an activating group) is 1. The number of hydrogen-bond acceptors (Lipinski definition) is 2. The van der Waals surface area contributed by atoms with E-state index < -0.39 is 0 Å². The Labute approximate surface area is 131 Å². The predicted molar refractivity (Wildman–Crippen MR) is 87.0 cm³/mol. The minimum Gasteiger partial charge on any atom is -0.480 e. The molecule has 1 heterocycles. The molecule has 0 aliphatic carbocycles. The van der Waals surface area contributed by atoms with Crippen molar-refractivity contribution in [3.8, 4) is 5.75 Å². The molecule has 3 heteroatoms. The average Bonchev–Trinajstić information content (AvgIpc) is 3.00. The van der Waals surface area contributed by atoms with Crippen molar-refractivity contribution in [2.45, 2.75) is 25.9 Å². The summed E-state index contributed by atoms with van der Waals surface area (Å²) >= 11 is 0. The van der Waals surface area contributed by atoms with Crippen molar-refractivity contribution < 1.29 is 9.53 Å². The predicted octanol–water partition coefficient (Wildman–Crippen LogP) is 3.08. The van der Waals surface area contributed by atoms with Crippen LogP contribution in [0, 0.1) is 0 Å². The highest BCUT2D eigenvalue weighted by Crippen LogP contribution is 2.28. The number of rotatable bonds is 5. The number of ether oxygens (including phenoxy) is 1. The second-order valence-corrected chi connectivity index (χ2v) is 5.57. The van der Waals surface area contributed by atoms with Gasteiger partial charge in [-0.1, -0.05) is 48.5 Å². The zero-order valence-electron chi connectivity index (χ0n) is 12.9. The molecule has 0 radical (unpaired) electrons. The molecule has 0 spiro atoms. The molecule has 0 N–H and O–H groups in total. The first-order valence-electron chi connectivity index (χ1n) is 7.85. The van der Waals surface area contributed by atoms with Crippen molar-refractivity contribution in [3.05, 3.63) is 65.7 Å². The molecular weight excluding hydrogens is 274 g/mol. The van der Waals surface area contributed by atoms with E-state index in [1.165, 1.54) is 5.56 Å². The van der Waals surface area contributed by atoms with Gasteiger partial charge in [0.2, 0.25) is 0 Å². The van der Waals surface area contributed by atoms with Crippen molar-refractivity contribution in [3.63, 3.8) is 0 Å². The molecular formula is C19H21NO2. The molecule has 3 nitrogen and oxygen atoms in total. The molecule has 1 unspecified atom stereocenters. The van der Waals surface area contributed by atoms with Crippen LogP contribution in [0.1, 0.15) is 18.1 Å². The SMILES string of the molecule is CCN(CCc1ccccc1)C(=O)C1Cc2ccccc2O1. The molecule has 0 saturated heterocycles. The fourth-order valence-electron chi connectivity index (χ4n) is 2.86. The van der Waals surface area contributed by atoms with E-state index in [4.69, 9.17) is 4.74 Å². The Balaban J connectivity index is 1.61. The second-order valence-electron chi connectivity index (χ2n) is 5.57. The second kappa shape index (κ2) is 6.65. The number of benzene rings is 2. The van der Waals surface area contributed by atoms with Crippen molar-refractivity contribution in [1.82, 2.24) is 4.90 Å². The zero-order valence-corrected chi connectivity index (χ0v) is 12.9. The van der Waals surface area contributed by atoms with E-state index in [1.54, 1.807) is 0 Å². The lowest BCUT2D eigenvalue weighted by molar-refractivity contribution is -0.137. The van der Waals surface area contributed by atoms with Crippen molar-refractivity contribution >= 4 is 5.91 Å². The van der Waals surface area contributed by atoms with Gasteiger partial charge in [0, 0.05) is 19.5 Å². The summed E-state index contributed by atoms with van der Waals surface area (Å²) < 4.78 is 5.81. The van der Waals surface area contributed by atoms with Gasteiger partial charge >= 0.3 is 0 Å². The van der Waals surface area contributed by atoms with Crippen LogP contribution in [-0.2, 0) is 17.6 Å². The Morgan fingerprint density at radius 3 is 2.59 bits per heavy atom. The van der Waals surface area contributed by atoms with E-state index in [1.807, 2.05) is 54.3 Å². The number of fused-ring (bicyclic) bond motifs is 1. The lowest BCUT2D eigenvalue weighted by Gasteiger charge is -2.24. The first kappa shape index (κ1) is 14.6. The molecule has 2 aromatic carbocycles. The molecule has 1 atom stereocenters. The van der Waals surface area contributed by atoms with Crippen LogP contribution in [0.2, 0.25) is 0 Å². The van der Waals surface area contributed by atoms with E-state index in [0.29, 0.717) is 13.0 Å². The van der Waals surface area contributed by atoms with E-state index in [9.17, 15) is 4.79 Å². The lowest BCUT2D eigenvalue weighted by atomic mass is 10.1. The fraction of sp³-hybridized carbons (Fsp3) is 0.316. The van der Waals surface area contributed by atoms with Gasteiger partial charge in [0.1, 0.15) is 5.75 Å². The molecule has 22 heavy (non-hydrogen) atoms. The van der Waals surface area contributed by atoms with E-state index >= 15 is 0 Å². The average molecular weight is 295 g/mol. The van der Waals surface area contributed by atoms with Crippen molar-refractivity contribution in [1.29, 1.82) is 0 Å². The highest BCUT2D eigenvalue weighted by molar-refractivity contribution is 5.82. The van der Waals surface area contributed by atoms with Crippen LogP contribution in [-0.4, -0.2) is 30.0 Å². The topological polar surface area (TPSA) is 29.5 Å². The number of para-hydroxylation sites is 1. The van der Waals surface area contributed by atoms with Gasteiger partial charge in [-0.05, 0) is 30.5 Å². The summed E-state index contributed by atoms with van der Waals surface area (Å²) in [5, 5.41) is 0. The molecule has 1 aliphatic heterocycles. The Morgan fingerprint density at radius 1 is 1.14 bits per heavy atom. The minimum atomic E-state index is -0.367. The number of nitrogens with zero attached hydrogens (tertiary/aromatic N) is 1. The monoisotopic (exact) mass is 295 g/mol. The quantitative estimate of drug-likeness (QED) is 0.848. The molecule has 0 saturated carbocycles. The lowest BCUT2D eigenvalue weighted by Crippen LogP contribution is -2.42. The van der Waals surface area contributed by atoms with Crippen molar-refractivity contribution in [2.75, 3.05) is 13.1 Å². The van der Waals surface area contributed by atoms with Crippen LogP contribution in [0.15, 0.2) is 54.6 Å². The third kappa shape index (κ3) is 3.14. The van der Waals surface area contributed by atoms with Crippen LogP contribution < -0.4 is 4.74 Å². The summed E-state index contributed by atoms with van der Waals surface area (Å²) in [5.41, 5.74) is 2.38. The minimum absolute atomic E-state index is 0.0923. The van der Waals surface area contributed by atoms with E-state index in [2.05, 4.69) is 12.1 Å². The highest BCUT2D eigenvalue weighted by atomic mass is 16.5. The maximum atomic E-state index is 12.7. The number of amides is 1. The maximum Gasteiger partial charge on any atom is 0.263 e. The van der Waals surface area contributed by atoms with E-state index in [-0.39, 0.29) is 12.0 Å². The number of carbonyl (C=O) groups excluding carboxylic acids is 1. The normalized spacial score (nSPS) is 16.0. The Bertz CT molecular complexity index is 614. The molecule has 114 valence electrons. The van der Waals surface area contributed by atoms with Crippen LogP contribution >= 0.6 is 0 Å². The number of hydrogen-bond donors (Lipinski definition) is 0. The van der Waals surface area contributed by atoms with Crippen molar-refractivity contribution in [2.24, 2.45) is 0 Å². The van der Waals surface area contributed by atoms with E-state index in [0.717, 1.165) is 24.3 Å². The van der Waals surface area contributed by atoms with Crippen LogP contribution in [0.25, 0.3) is 0 Å². The third-order valence-electron chi connectivity index (χ3n) is 4.13. The molecule has 3 rings (SSSR count). The van der Waals surface area contributed by atoms with Gasteiger partial charge in [-0.15, -0.1) is 0 Å². The Hall–Kier alpha value is -2.29. The van der Waals surface area contributed by atoms with Gasteiger partial charge in [-0.2, -0.15) is 0 Å². The summed E-state index contributed by atoms with van der Waals surface area (Å²) in [4.78, 5) is 14.6. The molecule has 1 aliphatic rings. The van der Waals surface area contributed by atoms with Gasteiger partial charge in [-0.3, -0.25) is 4.79 Å². The highest BCUT2D eigenvalue weighted by Gasteiger charge is 2.31. The smallest absolute Gasteiger partial charge is 0.263 e. The summed E-state index contributed by atoms with van der Waals surface area (Å²) in [5.74, 6) is 0.939. The summed E-state index contributed by atoms with van der Waals surface area (Å²) in [6.45, 7) is 3.46. The van der Waals surface area contributed by atoms with Gasteiger partial charge in [0.25, 0.3) is 5.91 Å². The largest absolute Gasteiger partial charge is 0.480 e. The molecule has 1 amide bonds. The van der Waals surface area contributed by atoms with Gasteiger partial charge < -0.3 is 9.64 Å². The van der Waals surface area contributed by atoms with Gasteiger partial charge in [-0.25, -0.2) is 0 Å². The molecule has 0 aromatic heterocycles. The van der Waals surface area contributed by atoms with Crippen LogP contribution in [0.5, 0.6) is 5.75 Å². The van der Waals surface area contributed by atoms with Gasteiger partial charge in [0.15, 0.2) is 6.10 Å². The maximum absolute atomic E-state index is 12.7. The fourth-order valence-corrected chi connectivity index (χ4v) is 2.86. The molecule has 2 aromatic rings. The number of carbonyl (C=O) groups is 1. The standard InChI is InChI=1S/C19H21NO2/c1-2-20(13-12-15-8-4-3-5-9-15)19(21)18-14-16-10-6-7-11-17(16)22-18/h3-11,18H,2,12-14H2,1H3. The molecule has 0 fully saturated rings. The summed E-state index contributed by atoms with van der Waals surface area (Å²) in [6.07, 6.45) is 1.19. The Morgan fingerprint density at radius 2 is 1.86 bits per heavy atom. The summed E-state index contributed by atoms with van der Waals surface area (Å²) in [7, 11) is 0. The summed E-state index contributed by atoms with van der Waals surface area (Å²) in [6, 6.07) is 18.2. The van der Waals surface area contributed by atoms with Crippen LogP contribution in [0.4, 0.5) is 0 Å².